The van der Waals surface area contributed by atoms with Crippen molar-refractivity contribution in [1.29, 1.82) is 0 Å². The second-order valence-electron chi connectivity index (χ2n) is 6.93. The third-order valence-corrected chi connectivity index (χ3v) is 5.12. The lowest BCUT2D eigenvalue weighted by molar-refractivity contribution is -0.118. The summed E-state index contributed by atoms with van der Waals surface area (Å²) in [6.45, 7) is 2.91. The molecule has 0 unspecified atom stereocenters. The number of carbonyl (C=O) groups is 2. The van der Waals surface area contributed by atoms with Gasteiger partial charge in [0, 0.05) is 22.5 Å². The highest BCUT2D eigenvalue weighted by Crippen LogP contribution is 2.29. The standard InChI is InChI=1S/C22H23N3O3.ClH/c1-2-28-22(27)19-13-15-12-16(8-9-18(15)25-19)24-21(26)20-17(10-11-23-20)14-6-4-3-5-7-14;/h3-9,12-13,17,20,23,25H,2,10-11H2,1H3,(H,24,26);1H/t17-,20+;/m0./s1. The maximum atomic E-state index is 12.9. The van der Waals surface area contributed by atoms with Crippen LogP contribution in [0.25, 0.3) is 10.9 Å². The zero-order valence-corrected chi connectivity index (χ0v) is 16.9. The van der Waals surface area contributed by atoms with Crippen LogP contribution in [0, 0.1) is 0 Å². The van der Waals surface area contributed by atoms with Gasteiger partial charge in [0.15, 0.2) is 0 Å². The van der Waals surface area contributed by atoms with E-state index in [1.54, 1.807) is 13.0 Å². The fraction of sp³-hybridized carbons (Fsp3) is 0.273. The largest absolute Gasteiger partial charge is 0.461 e. The topological polar surface area (TPSA) is 83.2 Å². The van der Waals surface area contributed by atoms with E-state index < -0.39 is 0 Å². The molecule has 152 valence electrons. The molecule has 3 aromatic rings. The number of amides is 1. The number of esters is 1. The Hall–Kier alpha value is -2.83. The molecular weight excluding hydrogens is 390 g/mol. The van der Waals surface area contributed by atoms with Gasteiger partial charge in [0.2, 0.25) is 5.91 Å². The molecule has 0 bridgehead atoms. The van der Waals surface area contributed by atoms with Gasteiger partial charge in [0.25, 0.3) is 0 Å². The Morgan fingerprint density at radius 3 is 2.69 bits per heavy atom. The third-order valence-electron chi connectivity index (χ3n) is 5.12. The molecule has 7 heteroatoms. The summed E-state index contributed by atoms with van der Waals surface area (Å²) in [5.74, 6) is -0.274. The van der Waals surface area contributed by atoms with Gasteiger partial charge in [-0.1, -0.05) is 30.3 Å². The van der Waals surface area contributed by atoms with Crippen molar-refractivity contribution in [2.45, 2.75) is 25.3 Å². The minimum absolute atomic E-state index is 0. The van der Waals surface area contributed by atoms with Crippen molar-refractivity contribution in [3.05, 3.63) is 65.9 Å². The van der Waals surface area contributed by atoms with Gasteiger partial charge >= 0.3 is 5.97 Å². The van der Waals surface area contributed by atoms with Gasteiger partial charge < -0.3 is 20.4 Å². The number of fused-ring (bicyclic) bond motifs is 1. The lowest BCUT2D eigenvalue weighted by Gasteiger charge is -2.19. The summed E-state index contributed by atoms with van der Waals surface area (Å²) < 4.78 is 5.03. The molecule has 1 fully saturated rings. The van der Waals surface area contributed by atoms with Crippen LogP contribution in [0.1, 0.15) is 35.3 Å². The molecule has 2 atom stereocenters. The fourth-order valence-electron chi connectivity index (χ4n) is 3.79. The maximum absolute atomic E-state index is 12.9. The van der Waals surface area contributed by atoms with Crippen LogP contribution in [0.3, 0.4) is 0 Å². The fourth-order valence-corrected chi connectivity index (χ4v) is 3.79. The Labute approximate surface area is 175 Å². The van der Waals surface area contributed by atoms with Crippen LogP contribution < -0.4 is 10.6 Å². The summed E-state index contributed by atoms with van der Waals surface area (Å²) in [4.78, 5) is 27.8. The van der Waals surface area contributed by atoms with Gasteiger partial charge in [-0.25, -0.2) is 4.79 Å². The summed E-state index contributed by atoms with van der Waals surface area (Å²) in [5, 5.41) is 7.17. The SMILES string of the molecule is CCOC(=O)c1cc2cc(NC(=O)[C@@H]3NCC[C@H]3c3ccccc3)ccc2[nH]1.Cl. The van der Waals surface area contributed by atoms with Crippen LogP contribution in [-0.2, 0) is 9.53 Å². The molecule has 1 aliphatic rings. The number of hydrogen-bond acceptors (Lipinski definition) is 4. The number of H-pyrrole nitrogens is 1. The Balaban J connectivity index is 0.00000240. The van der Waals surface area contributed by atoms with E-state index in [4.69, 9.17) is 4.74 Å². The van der Waals surface area contributed by atoms with E-state index in [9.17, 15) is 9.59 Å². The zero-order valence-electron chi connectivity index (χ0n) is 16.1. The van der Waals surface area contributed by atoms with Gasteiger partial charge in [-0.2, -0.15) is 0 Å². The number of aromatic nitrogens is 1. The average molecular weight is 414 g/mol. The number of halogens is 1. The van der Waals surface area contributed by atoms with E-state index in [0.29, 0.717) is 18.0 Å². The Morgan fingerprint density at radius 2 is 1.93 bits per heavy atom. The molecule has 29 heavy (non-hydrogen) atoms. The minimum atomic E-state index is -0.384. The van der Waals surface area contributed by atoms with E-state index in [1.807, 2.05) is 36.4 Å². The number of rotatable bonds is 5. The van der Waals surface area contributed by atoms with Gasteiger partial charge in [-0.3, -0.25) is 4.79 Å². The normalized spacial score (nSPS) is 18.2. The third kappa shape index (κ3) is 4.44. The number of nitrogens with one attached hydrogen (secondary N) is 3. The number of aromatic amines is 1. The Morgan fingerprint density at radius 1 is 1.14 bits per heavy atom. The first-order valence-corrected chi connectivity index (χ1v) is 9.55. The molecule has 0 saturated carbocycles. The summed E-state index contributed by atoms with van der Waals surface area (Å²) in [5.41, 5.74) is 3.10. The summed E-state index contributed by atoms with van der Waals surface area (Å²) in [6, 6.07) is 17.1. The lowest BCUT2D eigenvalue weighted by atomic mass is 9.91. The molecule has 0 aliphatic carbocycles. The van der Waals surface area contributed by atoms with Gasteiger partial charge in [0.1, 0.15) is 5.69 Å². The highest BCUT2D eigenvalue weighted by Gasteiger charge is 2.33. The first-order chi connectivity index (χ1) is 13.7. The van der Waals surface area contributed by atoms with Crippen LogP contribution in [-0.4, -0.2) is 36.1 Å². The van der Waals surface area contributed by atoms with Crippen LogP contribution in [0.2, 0.25) is 0 Å². The van der Waals surface area contributed by atoms with Crippen LogP contribution in [0.4, 0.5) is 5.69 Å². The van der Waals surface area contributed by atoms with Crippen molar-refractivity contribution in [2.75, 3.05) is 18.5 Å². The quantitative estimate of drug-likeness (QED) is 0.555. The molecule has 1 saturated heterocycles. The van der Waals surface area contributed by atoms with Crippen molar-refractivity contribution < 1.29 is 14.3 Å². The number of hydrogen-bond donors (Lipinski definition) is 3. The molecule has 1 amide bonds. The van der Waals surface area contributed by atoms with Crippen LogP contribution >= 0.6 is 12.4 Å². The molecule has 2 aromatic carbocycles. The molecule has 0 radical (unpaired) electrons. The van der Waals surface area contributed by atoms with E-state index in [0.717, 1.165) is 23.9 Å². The van der Waals surface area contributed by atoms with E-state index in [-0.39, 0.29) is 36.2 Å². The maximum Gasteiger partial charge on any atom is 0.354 e. The highest BCUT2D eigenvalue weighted by atomic mass is 35.5. The van der Waals surface area contributed by atoms with E-state index in [1.165, 1.54) is 5.56 Å². The molecule has 0 spiro atoms. The van der Waals surface area contributed by atoms with E-state index >= 15 is 0 Å². The van der Waals surface area contributed by atoms with Crippen molar-refractivity contribution in [2.24, 2.45) is 0 Å². The Bertz CT molecular complexity index is 1000. The molecule has 1 aromatic heterocycles. The summed E-state index contributed by atoms with van der Waals surface area (Å²) >= 11 is 0. The molecule has 2 heterocycles. The number of carbonyl (C=O) groups excluding carboxylic acids is 2. The number of anilines is 1. The summed E-state index contributed by atoms with van der Waals surface area (Å²) in [7, 11) is 0. The Kier molecular flexibility index (Phi) is 6.56. The molecular formula is C22H24ClN3O3. The monoisotopic (exact) mass is 413 g/mol. The van der Waals surface area contributed by atoms with Crippen molar-refractivity contribution in [1.82, 2.24) is 10.3 Å². The number of benzene rings is 2. The van der Waals surface area contributed by atoms with Crippen molar-refractivity contribution in [3.63, 3.8) is 0 Å². The van der Waals surface area contributed by atoms with E-state index in [2.05, 4.69) is 27.8 Å². The average Bonchev–Trinajstić information content (AvgIpc) is 3.36. The van der Waals surface area contributed by atoms with Crippen LogP contribution in [0.5, 0.6) is 0 Å². The highest BCUT2D eigenvalue weighted by molar-refractivity contribution is 5.99. The van der Waals surface area contributed by atoms with Crippen molar-refractivity contribution in [3.8, 4) is 0 Å². The molecule has 6 nitrogen and oxygen atoms in total. The first-order valence-electron chi connectivity index (χ1n) is 9.55. The molecule has 4 rings (SSSR count). The predicted octanol–water partition coefficient (Wildman–Crippen LogP) is 3.85. The smallest absolute Gasteiger partial charge is 0.354 e. The summed E-state index contributed by atoms with van der Waals surface area (Å²) in [6.07, 6.45) is 0.932. The second-order valence-corrected chi connectivity index (χ2v) is 6.93. The minimum Gasteiger partial charge on any atom is -0.461 e. The van der Waals surface area contributed by atoms with Crippen LogP contribution in [0.15, 0.2) is 54.6 Å². The van der Waals surface area contributed by atoms with Gasteiger partial charge in [-0.15, -0.1) is 12.4 Å². The molecule has 3 N–H and O–H groups in total. The van der Waals surface area contributed by atoms with Gasteiger partial charge in [0.05, 0.1) is 12.6 Å². The van der Waals surface area contributed by atoms with Gasteiger partial charge in [-0.05, 0) is 49.7 Å². The zero-order chi connectivity index (χ0) is 19.5. The van der Waals surface area contributed by atoms with Crippen molar-refractivity contribution >= 4 is 40.9 Å². The second kappa shape index (κ2) is 9.11. The molecule has 1 aliphatic heterocycles. The first kappa shape index (κ1) is 20.9. The predicted molar refractivity (Wildman–Crippen MR) is 116 cm³/mol. The lowest BCUT2D eigenvalue weighted by Crippen LogP contribution is -2.39. The number of ether oxygens (including phenoxy) is 1.